The molecular formula is C17H17F3N2O3. The van der Waals surface area contributed by atoms with Crippen molar-refractivity contribution in [2.45, 2.75) is 19.0 Å². The number of hydrogen-bond donors (Lipinski definition) is 1. The number of alkyl halides is 3. The molecule has 0 fully saturated rings. The second-order valence-corrected chi connectivity index (χ2v) is 5.18. The average molecular weight is 354 g/mol. The third kappa shape index (κ3) is 6.33. The molecule has 134 valence electrons. The molecule has 2 aromatic rings. The van der Waals surface area contributed by atoms with E-state index < -0.39 is 12.8 Å². The molecule has 0 unspecified atom stereocenters. The van der Waals surface area contributed by atoms with Gasteiger partial charge in [-0.1, -0.05) is 6.07 Å². The van der Waals surface area contributed by atoms with Gasteiger partial charge in [-0.3, -0.25) is 9.78 Å². The Morgan fingerprint density at radius 1 is 1.24 bits per heavy atom. The van der Waals surface area contributed by atoms with Crippen molar-refractivity contribution in [3.63, 3.8) is 0 Å². The van der Waals surface area contributed by atoms with Gasteiger partial charge in [0.25, 0.3) is 0 Å². The second kappa shape index (κ2) is 8.36. The van der Waals surface area contributed by atoms with E-state index in [-0.39, 0.29) is 23.8 Å². The fourth-order valence-electron chi connectivity index (χ4n) is 2.06. The minimum absolute atomic E-state index is 0.00314. The van der Waals surface area contributed by atoms with E-state index in [1.54, 1.807) is 30.5 Å². The Kier molecular flexibility index (Phi) is 6.21. The summed E-state index contributed by atoms with van der Waals surface area (Å²) in [6.07, 6.45) is -0.672. The van der Waals surface area contributed by atoms with Crippen LogP contribution in [0, 0.1) is 0 Å². The van der Waals surface area contributed by atoms with Crippen LogP contribution in [0.2, 0.25) is 0 Å². The number of carbonyl (C=O) groups is 1. The summed E-state index contributed by atoms with van der Waals surface area (Å²) in [5, 5.41) is 2.71. The highest BCUT2D eigenvalue weighted by molar-refractivity contribution is 5.90. The molecule has 1 heterocycles. The van der Waals surface area contributed by atoms with Crippen LogP contribution in [0.15, 0.2) is 42.7 Å². The van der Waals surface area contributed by atoms with Gasteiger partial charge in [0.15, 0.2) is 18.1 Å². The molecule has 1 aromatic heterocycles. The fraction of sp³-hybridized carbons (Fsp3) is 0.294. The Hall–Kier alpha value is -2.77. The lowest BCUT2D eigenvalue weighted by atomic mass is 10.1. The number of aryl methyl sites for hydroxylation is 1. The van der Waals surface area contributed by atoms with Crippen molar-refractivity contribution in [1.29, 1.82) is 0 Å². The Balaban J connectivity index is 1.92. The van der Waals surface area contributed by atoms with Gasteiger partial charge in [-0.25, -0.2) is 0 Å². The van der Waals surface area contributed by atoms with Crippen molar-refractivity contribution in [3.05, 3.63) is 48.3 Å². The standard InChI is InChI=1S/C17H17F3N2O3/c1-24-15-9-12(4-6-14(15)25-11-17(18,19)20)5-7-16(23)22-13-3-2-8-21-10-13/h2-4,6,8-10H,5,7,11H2,1H3,(H,22,23). The van der Waals surface area contributed by atoms with Crippen molar-refractivity contribution in [2.75, 3.05) is 19.0 Å². The van der Waals surface area contributed by atoms with Crippen LogP contribution in [-0.2, 0) is 11.2 Å². The predicted molar refractivity (Wildman–Crippen MR) is 85.7 cm³/mol. The van der Waals surface area contributed by atoms with Gasteiger partial charge in [0.2, 0.25) is 5.91 Å². The van der Waals surface area contributed by atoms with Gasteiger partial charge < -0.3 is 14.8 Å². The molecule has 2 rings (SSSR count). The van der Waals surface area contributed by atoms with E-state index in [0.717, 1.165) is 5.56 Å². The number of benzene rings is 1. The lowest BCUT2D eigenvalue weighted by Gasteiger charge is -2.13. The van der Waals surface area contributed by atoms with Gasteiger partial charge in [0.05, 0.1) is 19.0 Å². The summed E-state index contributed by atoms with van der Waals surface area (Å²) in [5.41, 5.74) is 1.35. The third-order valence-electron chi connectivity index (χ3n) is 3.21. The molecule has 0 radical (unpaired) electrons. The van der Waals surface area contributed by atoms with Crippen molar-refractivity contribution in [1.82, 2.24) is 4.98 Å². The topological polar surface area (TPSA) is 60.5 Å². The Morgan fingerprint density at radius 2 is 2.04 bits per heavy atom. The molecule has 25 heavy (non-hydrogen) atoms. The lowest BCUT2D eigenvalue weighted by molar-refractivity contribution is -0.153. The Morgan fingerprint density at radius 3 is 2.68 bits per heavy atom. The molecule has 0 saturated heterocycles. The van der Waals surface area contributed by atoms with E-state index in [1.165, 1.54) is 19.4 Å². The molecule has 8 heteroatoms. The SMILES string of the molecule is COc1cc(CCC(=O)Nc2cccnc2)ccc1OCC(F)(F)F. The Labute approximate surface area is 142 Å². The molecule has 1 N–H and O–H groups in total. The molecule has 0 aliphatic rings. The van der Waals surface area contributed by atoms with Crippen LogP contribution >= 0.6 is 0 Å². The van der Waals surface area contributed by atoms with Gasteiger partial charge in [0.1, 0.15) is 0 Å². The summed E-state index contributed by atoms with van der Waals surface area (Å²) >= 11 is 0. The van der Waals surface area contributed by atoms with Gasteiger partial charge in [-0.05, 0) is 36.2 Å². The molecular weight excluding hydrogens is 337 g/mol. The lowest BCUT2D eigenvalue weighted by Crippen LogP contribution is -2.19. The number of amides is 1. The summed E-state index contributed by atoms with van der Waals surface area (Å²) < 4.78 is 46.5. The largest absolute Gasteiger partial charge is 0.493 e. The maximum absolute atomic E-state index is 12.2. The van der Waals surface area contributed by atoms with E-state index in [1.807, 2.05) is 0 Å². The minimum atomic E-state index is -4.42. The van der Waals surface area contributed by atoms with E-state index >= 15 is 0 Å². The molecule has 1 amide bonds. The van der Waals surface area contributed by atoms with Gasteiger partial charge >= 0.3 is 6.18 Å². The first-order chi connectivity index (χ1) is 11.9. The first kappa shape index (κ1) is 18.6. The summed E-state index contributed by atoms with van der Waals surface area (Å²) in [6.45, 7) is -1.39. The van der Waals surface area contributed by atoms with Crippen LogP contribution in [0.25, 0.3) is 0 Å². The Bertz CT molecular complexity index is 706. The van der Waals surface area contributed by atoms with Crippen LogP contribution in [0.4, 0.5) is 18.9 Å². The normalized spacial score (nSPS) is 11.0. The monoisotopic (exact) mass is 354 g/mol. The maximum Gasteiger partial charge on any atom is 0.422 e. The van der Waals surface area contributed by atoms with Crippen molar-refractivity contribution < 1.29 is 27.4 Å². The number of methoxy groups -OCH3 is 1. The number of nitrogens with zero attached hydrogens (tertiary/aromatic N) is 1. The van der Waals surface area contributed by atoms with Gasteiger partial charge in [-0.15, -0.1) is 0 Å². The summed E-state index contributed by atoms with van der Waals surface area (Å²) in [5.74, 6) is 0.00201. The molecule has 0 aliphatic carbocycles. The molecule has 0 atom stereocenters. The number of pyridine rings is 1. The van der Waals surface area contributed by atoms with Crippen LogP contribution in [0.3, 0.4) is 0 Å². The smallest absolute Gasteiger partial charge is 0.422 e. The van der Waals surface area contributed by atoms with Gasteiger partial charge in [-0.2, -0.15) is 13.2 Å². The van der Waals surface area contributed by atoms with Crippen LogP contribution in [0.5, 0.6) is 11.5 Å². The minimum Gasteiger partial charge on any atom is -0.493 e. The highest BCUT2D eigenvalue weighted by Crippen LogP contribution is 2.30. The number of rotatable bonds is 7. The van der Waals surface area contributed by atoms with Crippen LogP contribution < -0.4 is 14.8 Å². The van der Waals surface area contributed by atoms with E-state index in [9.17, 15) is 18.0 Å². The summed E-state index contributed by atoms with van der Waals surface area (Å²) in [6, 6.07) is 7.99. The molecule has 0 aliphatic heterocycles. The summed E-state index contributed by atoms with van der Waals surface area (Å²) in [4.78, 5) is 15.8. The number of hydrogen-bond acceptors (Lipinski definition) is 4. The quantitative estimate of drug-likeness (QED) is 0.825. The first-order valence-corrected chi connectivity index (χ1v) is 7.44. The van der Waals surface area contributed by atoms with E-state index in [0.29, 0.717) is 12.1 Å². The van der Waals surface area contributed by atoms with E-state index in [4.69, 9.17) is 9.47 Å². The van der Waals surface area contributed by atoms with Crippen LogP contribution in [-0.4, -0.2) is 30.8 Å². The van der Waals surface area contributed by atoms with Crippen molar-refractivity contribution >= 4 is 11.6 Å². The molecule has 0 spiro atoms. The zero-order valence-corrected chi connectivity index (χ0v) is 13.5. The van der Waals surface area contributed by atoms with Crippen LogP contribution in [0.1, 0.15) is 12.0 Å². The second-order valence-electron chi connectivity index (χ2n) is 5.18. The number of nitrogens with one attached hydrogen (secondary N) is 1. The zero-order chi connectivity index (χ0) is 18.3. The van der Waals surface area contributed by atoms with Gasteiger partial charge in [0, 0.05) is 12.6 Å². The first-order valence-electron chi connectivity index (χ1n) is 7.44. The number of halogens is 3. The number of aromatic nitrogens is 1. The van der Waals surface area contributed by atoms with Crippen molar-refractivity contribution in [2.24, 2.45) is 0 Å². The molecule has 5 nitrogen and oxygen atoms in total. The van der Waals surface area contributed by atoms with E-state index in [2.05, 4.69) is 10.3 Å². The third-order valence-corrected chi connectivity index (χ3v) is 3.21. The highest BCUT2D eigenvalue weighted by atomic mass is 19.4. The average Bonchev–Trinajstić information content (AvgIpc) is 2.58. The maximum atomic E-state index is 12.2. The number of ether oxygens (including phenoxy) is 2. The highest BCUT2D eigenvalue weighted by Gasteiger charge is 2.29. The molecule has 0 bridgehead atoms. The predicted octanol–water partition coefficient (Wildman–Crippen LogP) is 3.60. The zero-order valence-electron chi connectivity index (χ0n) is 13.5. The van der Waals surface area contributed by atoms with Crippen molar-refractivity contribution in [3.8, 4) is 11.5 Å². The summed E-state index contributed by atoms with van der Waals surface area (Å²) in [7, 11) is 1.34. The molecule has 0 saturated carbocycles. The molecule has 1 aromatic carbocycles. The number of anilines is 1. The number of carbonyl (C=O) groups excluding carboxylic acids is 1. The fourth-order valence-corrected chi connectivity index (χ4v) is 2.06.